The van der Waals surface area contributed by atoms with Gasteiger partial charge in [-0.15, -0.1) is 0 Å². The van der Waals surface area contributed by atoms with Gasteiger partial charge in [0.1, 0.15) is 17.3 Å². The Morgan fingerprint density at radius 1 is 1.03 bits per heavy atom. The summed E-state index contributed by atoms with van der Waals surface area (Å²) < 4.78 is 5.27. The third-order valence-corrected chi connectivity index (χ3v) is 5.36. The monoisotopic (exact) mass is 474 g/mol. The number of ether oxygens (including phenoxy) is 1. The van der Waals surface area contributed by atoms with E-state index in [2.05, 4.69) is 20.6 Å². The van der Waals surface area contributed by atoms with Gasteiger partial charge in [-0.1, -0.05) is 48.0 Å². The van der Waals surface area contributed by atoms with Crippen LogP contribution in [0.1, 0.15) is 21.7 Å². The van der Waals surface area contributed by atoms with Crippen molar-refractivity contribution in [2.75, 3.05) is 13.7 Å². The predicted molar refractivity (Wildman–Crippen MR) is 133 cm³/mol. The first-order valence-corrected chi connectivity index (χ1v) is 11.0. The van der Waals surface area contributed by atoms with Crippen LogP contribution in [0, 0.1) is 0 Å². The Hall–Kier alpha value is -4.10. The number of carbonyl (C=O) groups is 2. The number of para-hydroxylation sites is 3. The largest absolute Gasteiger partial charge is 0.496 e. The van der Waals surface area contributed by atoms with Crippen molar-refractivity contribution in [2.45, 2.75) is 6.42 Å². The molecular weight excluding hydrogens is 452 g/mol. The lowest BCUT2D eigenvalue weighted by Crippen LogP contribution is -2.36. The normalized spacial score (nSPS) is 11.3. The molecule has 0 spiro atoms. The van der Waals surface area contributed by atoms with Gasteiger partial charge in [-0.2, -0.15) is 0 Å². The minimum absolute atomic E-state index is 0.0998. The molecule has 0 atom stereocenters. The molecule has 0 saturated heterocycles. The summed E-state index contributed by atoms with van der Waals surface area (Å²) in [5, 5.41) is 6.14. The Balaban J connectivity index is 1.50. The van der Waals surface area contributed by atoms with Gasteiger partial charge in [-0.25, -0.2) is 4.98 Å². The fraction of sp³-hybridized carbons (Fsp3) is 0.115. The molecular formula is C26H23ClN4O3. The molecule has 0 aliphatic heterocycles. The lowest BCUT2D eigenvalue weighted by Gasteiger charge is -2.13. The highest BCUT2D eigenvalue weighted by Crippen LogP contribution is 2.18. The molecule has 0 fully saturated rings. The number of carbonyl (C=O) groups excluding carboxylic acids is 2. The molecule has 7 nitrogen and oxygen atoms in total. The molecule has 0 aliphatic rings. The van der Waals surface area contributed by atoms with E-state index >= 15 is 0 Å². The van der Waals surface area contributed by atoms with Crippen LogP contribution >= 0.6 is 11.6 Å². The molecule has 0 aliphatic carbocycles. The zero-order valence-electron chi connectivity index (χ0n) is 18.5. The van der Waals surface area contributed by atoms with Crippen LogP contribution in [0.5, 0.6) is 5.75 Å². The van der Waals surface area contributed by atoms with Crippen LogP contribution in [0.2, 0.25) is 5.02 Å². The number of H-pyrrole nitrogens is 1. The van der Waals surface area contributed by atoms with Crippen molar-refractivity contribution in [2.24, 2.45) is 0 Å². The van der Waals surface area contributed by atoms with Gasteiger partial charge in [0.05, 0.1) is 23.7 Å². The number of nitrogens with one attached hydrogen (secondary N) is 3. The molecule has 0 bridgehead atoms. The van der Waals surface area contributed by atoms with Crippen LogP contribution in [0.3, 0.4) is 0 Å². The van der Waals surface area contributed by atoms with Crippen LogP contribution in [0.15, 0.2) is 78.5 Å². The summed E-state index contributed by atoms with van der Waals surface area (Å²) in [7, 11) is 1.49. The molecule has 4 rings (SSSR count). The maximum absolute atomic E-state index is 13.0. The molecule has 0 unspecified atom stereocenters. The molecule has 1 aromatic heterocycles. The molecule has 3 N–H and O–H groups in total. The smallest absolute Gasteiger partial charge is 0.267 e. The molecule has 0 saturated carbocycles. The van der Waals surface area contributed by atoms with E-state index in [1.54, 1.807) is 54.6 Å². The van der Waals surface area contributed by atoms with Gasteiger partial charge in [-0.05, 0) is 48.0 Å². The van der Waals surface area contributed by atoms with Crippen LogP contribution in [0.25, 0.3) is 17.1 Å². The van der Waals surface area contributed by atoms with Crippen LogP contribution < -0.4 is 15.4 Å². The molecule has 1 heterocycles. The van der Waals surface area contributed by atoms with Gasteiger partial charge >= 0.3 is 0 Å². The number of rotatable bonds is 8. The number of aromatic amines is 1. The summed E-state index contributed by atoms with van der Waals surface area (Å²) in [5.74, 6) is 0.304. The van der Waals surface area contributed by atoms with Crippen molar-refractivity contribution < 1.29 is 14.3 Å². The minimum atomic E-state index is -0.454. The fourth-order valence-corrected chi connectivity index (χ4v) is 3.55. The van der Waals surface area contributed by atoms with Crippen molar-refractivity contribution in [3.63, 3.8) is 0 Å². The number of halogens is 1. The first-order valence-electron chi connectivity index (χ1n) is 10.7. The number of hydrogen-bond acceptors (Lipinski definition) is 4. The maximum atomic E-state index is 13.0. The fourth-order valence-electron chi connectivity index (χ4n) is 3.42. The highest BCUT2D eigenvalue weighted by atomic mass is 35.5. The molecule has 2 amide bonds. The van der Waals surface area contributed by atoms with Crippen LogP contribution in [-0.2, 0) is 11.2 Å². The third-order valence-electron chi connectivity index (χ3n) is 5.11. The van der Waals surface area contributed by atoms with Gasteiger partial charge in [0.2, 0.25) is 0 Å². The minimum Gasteiger partial charge on any atom is -0.496 e. The first-order chi connectivity index (χ1) is 16.5. The second-order valence-electron chi connectivity index (χ2n) is 7.47. The Morgan fingerprint density at radius 3 is 2.53 bits per heavy atom. The zero-order chi connectivity index (χ0) is 23.9. The second-order valence-corrected chi connectivity index (χ2v) is 7.91. The molecule has 0 radical (unpaired) electrons. The average Bonchev–Trinajstić information content (AvgIpc) is 3.27. The number of methoxy groups -OCH3 is 1. The van der Waals surface area contributed by atoms with Crippen molar-refractivity contribution in [3.05, 3.63) is 100 Å². The Bertz CT molecular complexity index is 1310. The van der Waals surface area contributed by atoms with Gasteiger partial charge in [0.15, 0.2) is 0 Å². The average molecular weight is 475 g/mol. The molecule has 3 aromatic carbocycles. The van der Waals surface area contributed by atoms with Crippen molar-refractivity contribution in [3.8, 4) is 5.75 Å². The summed E-state index contributed by atoms with van der Waals surface area (Å²) in [6.45, 7) is 0.334. The summed E-state index contributed by atoms with van der Waals surface area (Å²) in [6.07, 6.45) is 2.11. The van der Waals surface area contributed by atoms with E-state index in [1.165, 1.54) is 7.11 Å². The molecule has 172 valence electrons. The van der Waals surface area contributed by atoms with Gasteiger partial charge < -0.3 is 20.4 Å². The Kier molecular flexibility index (Phi) is 7.25. The second kappa shape index (κ2) is 10.7. The van der Waals surface area contributed by atoms with E-state index in [1.807, 2.05) is 24.3 Å². The number of benzene rings is 3. The van der Waals surface area contributed by atoms with Crippen LogP contribution in [0.4, 0.5) is 0 Å². The Morgan fingerprint density at radius 2 is 1.76 bits per heavy atom. The van der Waals surface area contributed by atoms with Crippen molar-refractivity contribution in [1.82, 2.24) is 20.6 Å². The van der Waals surface area contributed by atoms with E-state index in [4.69, 9.17) is 16.3 Å². The van der Waals surface area contributed by atoms with Crippen molar-refractivity contribution in [1.29, 1.82) is 0 Å². The van der Waals surface area contributed by atoms with E-state index in [-0.39, 0.29) is 5.70 Å². The summed E-state index contributed by atoms with van der Waals surface area (Å²) >= 11 is 5.97. The number of aromatic nitrogens is 2. The van der Waals surface area contributed by atoms with Crippen LogP contribution in [-0.4, -0.2) is 35.4 Å². The maximum Gasteiger partial charge on any atom is 0.267 e. The van der Waals surface area contributed by atoms with Gasteiger partial charge in [0, 0.05) is 18.0 Å². The van der Waals surface area contributed by atoms with E-state index < -0.39 is 11.8 Å². The SMILES string of the molecule is COc1ccccc1C(=O)N/C(=C\c1ccc(Cl)cc1)C(=O)NCCc1nc2ccccc2[nH]1. The third kappa shape index (κ3) is 5.63. The first kappa shape index (κ1) is 23.1. The summed E-state index contributed by atoms with van der Waals surface area (Å²) in [4.78, 5) is 33.7. The number of imidazole rings is 1. The Labute approximate surface area is 201 Å². The summed E-state index contributed by atoms with van der Waals surface area (Å²) in [6, 6.07) is 21.5. The van der Waals surface area contributed by atoms with Gasteiger partial charge in [0.25, 0.3) is 11.8 Å². The molecule has 34 heavy (non-hydrogen) atoms. The quantitative estimate of drug-likeness (QED) is 0.331. The predicted octanol–water partition coefficient (Wildman–Crippen LogP) is 4.35. The zero-order valence-corrected chi connectivity index (χ0v) is 19.2. The van der Waals surface area contributed by atoms with Crippen molar-refractivity contribution >= 4 is 40.5 Å². The summed E-state index contributed by atoms with van der Waals surface area (Å²) in [5.41, 5.74) is 2.95. The lowest BCUT2D eigenvalue weighted by molar-refractivity contribution is -0.117. The number of amides is 2. The molecule has 4 aromatic rings. The lowest BCUT2D eigenvalue weighted by atomic mass is 10.1. The van der Waals surface area contributed by atoms with E-state index in [0.717, 1.165) is 16.9 Å². The number of hydrogen-bond donors (Lipinski definition) is 3. The highest BCUT2D eigenvalue weighted by molar-refractivity contribution is 6.30. The highest BCUT2D eigenvalue weighted by Gasteiger charge is 2.17. The molecule has 8 heteroatoms. The van der Waals surface area contributed by atoms with E-state index in [9.17, 15) is 9.59 Å². The number of nitrogens with zero attached hydrogens (tertiary/aromatic N) is 1. The topological polar surface area (TPSA) is 96.1 Å². The van der Waals surface area contributed by atoms with E-state index in [0.29, 0.717) is 34.9 Å². The standard InChI is InChI=1S/C26H23ClN4O3/c1-34-23-9-5-2-6-19(23)25(32)31-22(16-17-10-12-18(27)13-11-17)26(33)28-15-14-24-29-20-7-3-4-8-21(20)30-24/h2-13,16H,14-15H2,1H3,(H,28,33)(H,29,30)(H,31,32)/b22-16-. The number of fused-ring (bicyclic) bond motifs is 1. The van der Waals surface area contributed by atoms with Gasteiger partial charge in [-0.3, -0.25) is 9.59 Å².